The zero-order valence-corrected chi connectivity index (χ0v) is 17.8. The van der Waals surface area contributed by atoms with Gasteiger partial charge in [0.25, 0.3) is 0 Å². The molecule has 4 rings (SSSR count). The summed E-state index contributed by atoms with van der Waals surface area (Å²) >= 11 is 12.1. The molecule has 31 heavy (non-hydrogen) atoms. The third-order valence-electron chi connectivity index (χ3n) is 4.98. The molecule has 0 aliphatic heterocycles. The number of hydrogen-bond acceptors (Lipinski definition) is 4. The van der Waals surface area contributed by atoms with E-state index in [1.54, 1.807) is 49.4 Å². The Morgan fingerprint density at radius 2 is 1.74 bits per heavy atom. The predicted octanol–water partition coefficient (Wildman–Crippen LogP) is 6.36. The third kappa shape index (κ3) is 4.20. The Labute approximate surface area is 186 Å². The molecule has 0 saturated carbocycles. The van der Waals surface area contributed by atoms with Crippen LogP contribution < -0.4 is 10.4 Å². The van der Waals surface area contributed by atoms with Gasteiger partial charge in [-0.2, -0.15) is 0 Å². The molecule has 3 aromatic carbocycles. The van der Waals surface area contributed by atoms with Crippen molar-refractivity contribution in [1.82, 2.24) is 0 Å². The van der Waals surface area contributed by atoms with E-state index in [0.717, 1.165) is 0 Å². The van der Waals surface area contributed by atoms with Gasteiger partial charge in [0.05, 0.1) is 10.6 Å². The fourth-order valence-electron chi connectivity index (χ4n) is 3.31. The highest BCUT2D eigenvalue weighted by Gasteiger charge is 2.17. The Balaban J connectivity index is 1.69. The van der Waals surface area contributed by atoms with E-state index >= 15 is 0 Å². The summed E-state index contributed by atoms with van der Waals surface area (Å²) in [6, 6.07) is 15.6. The minimum atomic E-state index is -0.630. The number of carbonyl (C=O) groups is 1. The maximum absolute atomic E-state index is 14.2. The first-order valence-corrected chi connectivity index (χ1v) is 10.1. The molecule has 0 bridgehead atoms. The van der Waals surface area contributed by atoms with Crippen LogP contribution in [0.1, 0.15) is 27.0 Å². The SMILES string of the molecule is Cc1c(Cc2c(F)cccc2Cl)c(=O)oc2cc(OC(=O)c3ccccc3Cl)ccc12. The lowest BCUT2D eigenvalue weighted by molar-refractivity contribution is 0.0735. The van der Waals surface area contributed by atoms with Gasteiger partial charge in [-0.05, 0) is 48.9 Å². The van der Waals surface area contributed by atoms with E-state index in [1.165, 1.54) is 18.2 Å². The van der Waals surface area contributed by atoms with Crippen LogP contribution in [0.2, 0.25) is 10.0 Å². The Bertz CT molecular complexity index is 1360. The summed E-state index contributed by atoms with van der Waals surface area (Å²) in [4.78, 5) is 25.0. The van der Waals surface area contributed by atoms with Gasteiger partial charge in [-0.15, -0.1) is 0 Å². The van der Waals surface area contributed by atoms with Crippen LogP contribution in [-0.4, -0.2) is 5.97 Å². The molecule has 0 amide bonds. The van der Waals surface area contributed by atoms with E-state index in [-0.39, 0.29) is 38.9 Å². The predicted molar refractivity (Wildman–Crippen MR) is 118 cm³/mol. The van der Waals surface area contributed by atoms with Crippen molar-refractivity contribution in [3.63, 3.8) is 0 Å². The first-order chi connectivity index (χ1) is 14.8. The van der Waals surface area contributed by atoms with Gasteiger partial charge in [0.15, 0.2) is 0 Å². The maximum atomic E-state index is 14.2. The second kappa shape index (κ2) is 8.53. The van der Waals surface area contributed by atoms with Crippen LogP contribution in [-0.2, 0) is 6.42 Å². The summed E-state index contributed by atoms with van der Waals surface area (Å²) in [6.07, 6.45) is -0.00113. The van der Waals surface area contributed by atoms with E-state index in [9.17, 15) is 14.0 Å². The molecule has 7 heteroatoms. The van der Waals surface area contributed by atoms with E-state index in [2.05, 4.69) is 0 Å². The quantitative estimate of drug-likeness (QED) is 0.203. The Morgan fingerprint density at radius 1 is 1.00 bits per heavy atom. The Kier molecular flexibility index (Phi) is 5.81. The van der Waals surface area contributed by atoms with Crippen molar-refractivity contribution >= 4 is 40.1 Å². The highest BCUT2D eigenvalue weighted by molar-refractivity contribution is 6.33. The number of hydrogen-bond donors (Lipinski definition) is 0. The smallest absolute Gasteiger partial charge is 0.345 e. The lowest BCUT2D eigenvalue weighted by atomic mass is 9.99. The molecule has 156 valence electrons. The highest BCUT2D eigenvalue weighted by Crippen LogP contribution is 2.28. The van der Waals surface area contributed by atoms with E-state index < -0.39 is 17.4 Å². The second-order valence-electron chi connectivity index (χ2n) is 6.90. The maximum Gasteiger partial charge on any atom is 0.345 e. The summed E-state index contributed by atoms with van der Waals surface area (Å²) in [7, 11) is 0. The van der Waals surface area contributed by atoms with Crippen LogP contribution in [0, 0.1) is 12.7 Å². The van der Waals surface area contributed by atoms with Gasteiger partial charge >= 0.3 is 11.6 Å². The Hall–Kier alpha value is -3.15. The number of halogens is 3. The van der Waals surface area contributed by atoms with Gasteiger partial charge in [-0.1, -0.05) is 41.4 Å². The molecule has 0 aliphatic rings. The molecule has 0 fully saturated rings. The topological polar surface area (TPSA) is 56.5 Å². The van der Waals surface area contributed by atoms with Gasteiger partial charge in [0.1, 0.15) is 17.1 Å². The Morgan fingerprint density at radius 3 is 2.48 bits per heavy atom. The largest absolute Gasteiger partial charge is 0.423 e. The minimum Gasteiger partial charge on any atom is -0.423 e. The molecule has 1 heterocycles. The lowest BCUT2D eigenvalue weighted by Crippen LogP contribution is -2.12. The summed E-state index contributed by atoms with van der Waals surface area (Å²) in [6.45, 7) is 1.75. The summed E-state index contributed by atoms with van der Waals surface area (Å²) in [5.41, 5.74) is 1.02. The van der Waals surface area contributed by atoms with E-state index in [4.69, 9.17) is 32.4 Å². The third-order valence-corrected chi connectivity index (χ3v) is 5.66. The average Bonchev–Trinajstić information content (AvgIpc) is 2.73. The summed E-state index contributed by atoms with van der Waals surface area (Å²) in [5.74, 6) is -0.923. The lowest BCUT2D eigenvalue weighted by Gasteiger charge is -2.11. The first-order valence-electron chi connectivity index (χ1n) is 9.31. The second-order valence-corrected chi connectivity index (χ2v) is 7.71. The molecular formula is C24H15Cl2FO4. The average molecular weight is 457 g/mol. The van der Waals surface area contributed by atoms with Crippen molar-refractivity contribution in [2.24, 2.45) is 0 Å². The van der Waals surface area contributed by atoms with Crippen LogP contribution in [0.25, 0.3) is 11.0 Å². The van der Waals surface area contributed by atoms with Crippen LogP contribution >= 0.6 is 23.2 Å². The first kappa shape index (κ1) is 21.1. The van der Waals surface area contributed by atoms with Crippen molar-refractivity contribution in [3.05, 3.63) is 109 Å². The molecule has 0 N–H and O–H groups in total. The zero-order valence-electron chi connectivity index (χ0n) is 16.2. The van der Waals surface area contributed by atoms with Gasteiger partial charge in [0.2, 0.25) is 0 Å². The molecule has 1 aromatic heterocycles. The summed E-state index contributed by atoms with van der Waals surface area (Å²) in [5, 5.41) is 1.15. The number of ether oxygens (including phenoxy) is 1. The van der Waals surface area contributed by atoms with Crippen LogP contribution in [0.15, 0.2) is 69.9 Å². The van der Waals surface area contributed by atoms with Gasteiger partial charge in [-0.3, -0.25) is 0 Å². The molecule has 0 atom stereocenters. The van der Waals surface area contributed by atoms with Gasteiger partial charge in [-0.25, -0.2) is 14.0 Å². The fraction of sp³-hybridized carbons (Fsp3) is 0.0833. The summed E-state index contributed by atoms with van der Waals surface area (Å²) < 4.78 is 25.0. The molecule has 0 radical (unpaired) electrons. The number of aryl methyl sites for hydroxylation is 1. The van der Waals surface area contributed by atoms with E-state index in [0.29, 0.717) is 16.5 Å². The van der Waals surface area contributed by atoms with Crippen LogP contribution in [0.5, 0.6) is 5.75 Å². The van der Waals surface area contributed by atoms with Crippen LogP contribution in [0.4, 0.5) is 4.39 Å². The molecular weight excluding hydrogens is 442 g/mol. The zero-order chi connectivity index (χ0) is 22.1. The van der Waals surface area contributed by atoms with Crippen LogP contribution in [0.3, 0.4) is 0 Å². The van der Waals surface area contributed by atoms with Crippen molar-refractivity contribution in [2.45, 2.75) is 13.3 Å². The van der Waals surface area contributed by atoms with Gasteiger partial charge in [0, 0.05) is 34.0 Å². The monoisotopic (exact) mass is 456 g/mol. The van der Waals surface area contributed by atoms with E-state index in [1.807, 2.05) is 0 Å². The van der Waals surface area contributed by atoms with Gasteiger partial charge < -0.3 is 9.15 Å². The number of benzene rings is 3. The molecule has 0 aliphatic carbocycles. The minimum absolute atomic E-state index is 0.00113. The van der Waals surface area contributed by atoms with Crippen molar-refractivity contribution in [2.75, 3.05) is 0 Å². The highest BCUT2D eigenvalue weighted by atomic mass is 35.5. The fourth-order valence-corrected chi connectivity index (χ4v) is 3.75. The normalized spacial score (nSPS) is 11.0. The molecule has 4 nitrogen and oxygen atoms in total. The number of rotatable bonds is 4. The molecule has 4 aromatic rings. The van der Waals surface area contributed by atoms with Crippen molar-refractivity contribution in [1.29, 1.82) is 0 Å². The standard InChI is InChI=1S/C24H15Cl2FO4/c1-13-15-10-9-14(30-23(28)16-5-2-3-6-19(16)25)11-22(15)31-24(29)17(13)12-18-20(26)7-4-8-21(18)27/h2-11H,12H2,1H3. The van der Waals surface area contributed by atoms with Crippen molar-refractivity contribution < 1.29 is 18.3 Å². The molecule has 0 unspecified atom stereocenters. The molecule has 0 spiro atoms. The number of carbonyl (C=O) groups excluding carboxylic acids is 1. The number of fused-ring (bicyclic) bond motifs is 1. The number of esters is 1. The molecule has 0 saturated heterocycles. The van der Waals surface area contributed by atoms with Crippen molar-refractivity contribution in [3.8, 4) is 5.75 Å².